The zero-order valence-electron chi connectivity index (χ0n) is 11.0. The van der Waals surface area contributed by atoms with Crippen LogP contribution in [0, 0.1) is 0 Å². The highest BCUT2D eigenvalue weighted by atomic mass is 127. The second-order valence-corrected chi connectivity index (χ2v) is 5.67. The number of halogens is 1. The summed E-state index contributed by atoms with van der Waals surface area (Å²) in [5.41, 5.74) is 0. The van der Waals surface area contributed by atoms with Gasteiger partial charge in [0.1, 0.15) is 0 Å². The van der Waals surface area contributed by atoms with Crippen LogP contribution in [0.5, 0.6) is 0 Å². The lowest BCUT2D eigenvalue weighted by atomic mass is 9.93. The first-order valence-corrected chi connectivity index (χ1v) is 7.18. The van der Waals surface area contributed by atoms with Gasteiger partial charge < -0.3 is 10.6 Å². The Morgan fingerprint density at radius 3 is 2.61 bits per heavy atom. The van der Waals surface area contributed by atoms with Crippen LogP contribution in [0.4, 0.5) is 0 Å². The van der Waals surface area contributed by atoms with Gasteiger partial charge in [0.25, 0.3) is 0 Å². The van der Waals surface area contributed by atoms with Crippen molar-refractivity contribution in [3.05, 3.63) is 21.9 Å². The van der Waals surface area contributed by atoms with Crippen molar-refractivity contribution in [2.24, 2.45) is 4.99 Å². The molecule has 0 aromatic carbocycles. The maximum atomic E-state index is 4.25. The third-order valence-electron chi connectivity index (χ3n) is 3.17. The van der Waals surface area contributed by atoms with Crippen LogP contribution in [0.15, 0.2) is 17.1 Å². The molecule has 1 aromatic rings. The molecule has 0 spiro atoms. The molecule has 0 atom stereocenters. The third kappa shape index (κ3) is 4.42. The molecule has 0 radical (unpaired) electrons. The first-order valence-electron chi connectivity index (χ1n) is 6.36. The van der Waals surface area contributed by atoms with Crippen LogP contribution in [0.2, 0.25) is 0 Å². The Morgan fingerprint density at radius 1 is 1.39 bits per heavy atom. The second kappa shape index (κ2) is 7.99. The van der Waals surface area contributed by atoms with Crippen molar-refractivity contribution >= 4 is 41.3 Å². The van der Waals surface area contributed by atoms with E-state index in [1.807, 2.05) is 18.4 Å². The number of hydrogen-bond donors (Lipinski definition) is 2. The Bertz CT molecular complexity index is 385. The Morgan fingerprint density at radius 2 is 2.11 bits per heavy atom. The van der Waals surface area contributed by atoms with Crippen molar-refractivity contribution in [1.82, 2.24) is 10.6 Å². The van der Waals surface area contributed by atoms with Crippen molar-refractivity contribution in [2.75, 3.05) is 7.05 Å². The summed E-state index contributed by atoms with van der Waals surface area (Å²) in [5.74, 6) is 0.932. The van der Waals surface area contributed by atoms with E-state index < -0.39 is 0 Å². The van der Waals surface area contributed by atoms with Crippen LogP contribution in [0.3, 0.4) is 0 Å². The Balaban J connectivity index is 0.00000162. The van der Waals surface area contributed by atoms with E-state index in [9.17, 15) is 0 Å². The summed E-state index contributed by atoms with van der Waals surface area (Å²) in [6.45, 7) is 3.07. The summed E-state index contributed by atoms with van der Waals surface area (Å²) in [6, 6.07) is 5.05. The van der Waals surface area contributed by atoms with Crippen molar-refractivity contribution in [2.45, 2.75) is 45.2 Å². The normalized spacial score (nSPS) is 15.8. The molecule has 0 amide bonds. The quantitative estimate of drug-likeness (QED) is 0.479. The largest absolute Gasteiger partial charge is 0.354 e. The Hall–Kier alpha value is -0.300. The number of hydrogen-bond acceptors (Lipinski definition) is 2. The third-order valence-corrected chi connectivity index (χ3v) is 4.40. The fraction of sp³-hybridized carbons (Fsp3) is 0.615. The van der Waals surface area contributed by atoms with Crippen LogP contribution >= 0.6 is 35.3 Å². The van der Waals surface area contributed by atoms with Crippen LogP contribution in [-0.4, -0.2) is 19.0 Å². The predicted octanol–water partition coefficient (Wildman–Crippen LogP) is 3.15. The van der Waals surface area contributed by atoms with Crippen LogP contribution in [0.25, 0.3) is 0 Å². The SMILES string of the molecule is CCc1ccc(CNC(=NC)NC2CCC2)s1.I. The monoisotopic (exact) mass is 379 g/mol. The molecule has 5 heteroatoms. The van der Waals surface area contributed by atoms with Crippen molar-refractivity contribution in [1.29, 1.82) is 0 Å². The van der Waals surface area contributed by atoms with Gasteiger partial charge in [0, 0.05) is 22.8 Å². The van der Waals surface area contributed by atoms with Gasteiger partial charge >= 0.3 is 0 Å². The molecule has 0 unspecified atom stereocenters. The average Bonchev–Trinajstić information content (AvgIpc) is 2.75. The number of nitrogens with zero attached hydrogens (tertiary/aromatic N) is 1. The maximum absolute atomic E-state index is 4.25. The summed E-state index contributed by atoms with van der Waals surface area (Å²) in [5, 5.41) is 6.81. The van der Waals surface area contributed by atoms with E-state index in [-0.39, 0.29) is 24.0 Å². The number of aliphatic imine (C=N–C) groups is 1. The fourth-order valence-corrected chi connectivity index (χ4v) is 2.72. The van der Waals surface area contributed by atoms with E-state index in [4.69, 9.17) is 0 Å². The van der Waals surface area contributed by atoms with Crippen molar-refractivity contribution in [3.63, 3.8) is 0 Å². The van der Waals surface area contributed by atoms with Gasteiger partial charge in [-0.15, -0.1) is 35.3 Å². The lowest BCUT2D eigenvalue weighted by molar-refractivity contribution is 0.380. The lowest BCUT2D eigenvalue weighted by Crippen LogP contribution is -2.45. The van der Waals surface area contributed by atoms with Gasteiger partial charge in [-0.05, 0) is 37.8 Å². The topological polar surface area (TPSA) is 36.4 Å². The predicted molar refractivity (Wildman–Crippen MR) is 90.1 cm³/mol. The molecule has 0 bridgehead atoms. The fourth-order valence-electron chi connectivity index (χ4n) is 1.82. The molecular formula is C13H22IN3S. The van der Waals surface area contributed by atoms with Crippen LogP contribution in [0.1, 0.15) is 35.9 Å². The molecule has 0 saturated heterocycles. The Labute approximate surface area is 130 Å². The summed E-state index contributed by atoms with van der Waals surface area (Å²) in [6.07, 6.45) is 5.03. The number of guanidine groups is 1. The summed E-state index contributed by atoms with van der Waals surface area (Å²) < 4.78 is 0. The van der Waals surface area contributed by atoms with Gasteiger partial charge in [-0.2, -0.15) is 0 Å². The van der Waals surface area contributed by atoms with E-state index in [0.717, 1.165) is 18.9 Å². The Kier molecular flexibility index (Phi) is 6.99. The molecule has 1 aliphatic carbocycles. The first kappa shape index (κ1) is 15.8. The van der Waals surface area contributed by atoms with Crippen LogP contribution < -0.4 is 10.6 Å². The van der Waals surface area contributed by atoms with E-state index in [1.165, 1.54) is 29.0 Å². The molecule has 1 aliphatic rings. The lowest BCUT2D eigenvalue weighted by Gasteiger charge is -2.28. The van der Waals surface area contributed by atoms with Gasteiger partial charge in [-0.3, -0.25) is 4.99 Å². The number of nitrogens with one attached hydrogen (secondary N) is 2. The molecule has 2 rings (SSSR count). The van der Waals surface area contributed by atoms with E-state index >= 15 is 0 Å². The molecule has 1 aromatic heterocycles. The summed E-state index contributed by atoms with van der Waals surface area (Å²) in [4.78, 5) is 7.07. The molecule has 3 nitrogen and oxygen atoms in total. The molecule has 2 N–H and O–H groups in total. The molecular weight excluding hydrogens is 357 g/mol. The zero-order chi connectivity index (χ0) is 12.1. The van der Waals surface area contributed by atoms with Crippen molar-refractivity contribution < 1.29 is 0 Å². The molecule has 0 aliphatic heterocycles. The second-order valence-electron chi connectivity index (χ2n) is 4.42. The average molecular weight is 379 g/mol. The maximum Gasteiger partial charge on any atom is 0.191 e. The van der Waals surface area contributed by atoms with E-state index in [0.29, 0.717) is 6.04 Å². The van der Waals surface area contributed by atoms with Crippen LogP contribution in [-0.2, 0) is 13.0 Å². The minimum absolute atomic E-state index is 0. The molecule has 1 heterocycles. The highest BCUT2D eigenvalue weighted by Gasteiger charge is 2.17. The smallest absolute Gasteiger partial charge is 0.191 e. The van der Waals surface area contributed by atoms with Gasteiger partial charge in [0.2, 0.25) is 0 Å². The van der Waals surface area contributed by atoms with Gasteiger partial charge in [0.15, 0.2) is 5.96 Å². The van der Waals surface area contributed by atoms with E-state index in [2.05, 4.69) is 34.7 Å². The molecule has 18 heavy (non-hydrogen) atoms. The van der Waals surface area contributed by atoms with Gasteiger partial charge in [-0.1, -0.05) is 6.92 Å². The van der Waals surface area contributed by atoms with Gasteiger partial charge in [0.05, 0.1) is 6.54 Å². The summed E-state index contributed by atoms with van der Waals surface area (Å²) in [7, 11) is 1.83. The minimum Gasteiger partial charge on any atom is -0.354 e. The van der Waals surface area contributed by atoms with Gasteiger partial charge in [-0.25, -0.2) is 0 Å². The molecule has 102 valence electrons. The highest BCUT2D eigenvalue weighted by Crippen LogP contribution is 2.18. The molecule has 1 saturated carbocycles. The standard InChI is InChI=1S/C13H21N3S.HI/c1-3-11-7-8-12(17-11)9-15-13(14-2)16-10-5-4-6-10;/h7-8,10H,3-6,9H2,1-2H3,(H2,14,15,16);1H. The number of rotatable bonds is 4. The first-order chi connectivity index (χ1) is 8.31. The number of thiophene rings is 1. The zero-order valence-corrected chi connectivity index (χ0v) is 14.2. The van der Waals surface area contributed by atoms with Crippen molar-refractivity contribution in [3.8, 4) is 0 Å². The minimum atomic E-state index is 0. The van der Waals surface area contributed by atoms with E-state index in [1.54, 1.807) is 0 Å². The highest BCUT2D eigenvalue weighted by molar-refractivity contribution is 14.0. The number of aryl methyl sites for hydroxylation is 1. The summed E-state index contributed by atoms with van der Waals surface area (Å²) >= 11 is 1.88. The molecule has 1 fully saturated rings.